The summed E-state index contributed by atoms with van der Waals surface area (Å²) in [6.45, 7) is 0. The molecule has 68 valence electrons. The fourth-order valence-electron chi connectivity index (χ4n) is 0.667. The largest absolute Gasteiger partial charge is 0.364 e. The molecule has 0 saturated heterocycles. The van der Waals surface area contributed by atoms with Crippen LogP contribution >= 0.6 is 15.9 Å². The van der Waals surface area contributed by atoms with Crippen LogP contribution < -0.4 is 11.2 Å². The lowest BCUT2D eigenvalue weighted by Crippen LogP contribution is -2.09. The second-order valence-electron chi connectivity index (χ2n) is 2.18. The lowest BCUT2D eigenvalue weighted by Gasteiger charge is -1.98. The molecule has 0 aromatic heterocycles. The van der Waals surface area contributed by atoms with Crippen LogP contribution in [-0.4, -0.2) is 5.96 Å². The van der Waals surface area contributed by atoms with Gasteiger partial charge < -0.3 is 5.73 Å². The molecule has 0 aliphatic rings. The van der Waals surface area contributed by atoms with Gasteiger partial charge in [0.25, 0.3) is 5.96 Å². The van der Waals surface area contributed by atoms with Crippen LogP contribution in [0.5, 0.6) is 0 Å². The number of nitrogens with one attached hydrogen (secondary N) is 1. The molecule has 0 aliphatic carbocycles. The van der Waals surface area contributed by atoms with Crippen LogP contribution in [0, 0.1) is 4.91 Å². The third kappa shape index (κ3) is 3.20. The van der Waals surface area contributed by atoms with Gasteiger partial charge in [-0.05, 0) is 24.3 Å². The van der Waals surface area contributed by atoms with Crippen molar-refractivity contribution in [2.45, 2.75) is 0 Å². The van der Waals surface area contributed by atoms with Crippen molar-refractivity contribution in [1.82, 2.24) is 0 Å². The van der Waals surface area contributed by atoms with Crippen LogP contribution in [0.25, 0.3) is 0 Å². The average Bonchev–Trinajstić information content (AvgIpc) is 2.16. The van der Waals surface area contributed by atoms with E-state index in [0.717, 1.165) is 10.2 Å². The van der Waals surface area contributed by atoms with Crippen LogP contribution in [0.3, 0.4) is 0 Å². The highest BCUT2D eigenvalue weighted by Crippen LogP contribution is 2.13. The number of nitrogens with zero attached hydrogens (tertiary/aromatic N) is 2. The summed E-state index contributed by atoms with van der Waals surface area (Å²) in [7, 11) is 0. The Balaban J connectivity index is 2.65. The normalized spacial score (nSPS) is 11.0. The molecule has 13 heavy (non-hydrogen) atoms. The zero-order valence-electron chi connectivity index (χ0n) is 6.57. The number of nitrogens with two attached hydrogens (primary N) is 1. The van der Waals surface area contributed by atoms with Crippen molar-refractivity contribution >= 4 is 27.6 Å². The maximum absolute atomic E-state index is 9.83. The summed E-state index contributed by atoms with van der Waals surface area (Å²) in [5, 5.41) is 5.92. The maximum atomic E-state index is 9.83. The number of hydrazone groups is 1. The van der Waals surface area contributed by atoms with Gasteiger partial charge in [-0.15, -0.1) is 10.0 Å². The molecule has 0 spiro atoms. The average molecular weight is 243 g/mol. The molecule has 0 saturated carbocycles. The molecule has 0 aliphatic heterocycles. The molecule has 6 heteroatoms. The highest BCUT2D eigenvalue weighted by Gasteiger charge is 1.91. The van der Waals surface area contributed by atoms with E-state index in [1.807, 2.05) is 12.1 Å². The van der Waals surface area contributed by atoms with E-state index in [0.29, 0.717) is 0 Å². The predicted molar refractivity (Wildman–Crippen MR) is 55.2 cm³/mol. The fraction of sp³-hybridized carbons (Fsp3) is 0. The molecule has 1 aromatic carbocycles. The van der Waals surface area contributed by atoms with Crippen molar-refractivity contribution in [2.24, 2.45) is 16.0 Å². The van der Waals surface area contributed by atoms with E-state index in [1.165, 1.54) is 0 Å². The number of halogens is 1. The van der Waals surface area contributed by atoms with E-state index in [9.17, 15) is 4.91 Å². The Morgan fingerprint density at radius 2 is 2.00 bits per heavy atom. The third-order valence-corrected chi connectivity index (χ3v) is 1.77. The van der Waals surface area contributed by atoms with Crippen molar-refractivity contribution in [2.75, 3.05) is 5.43 Å². The van der Waals surface area contributed by atoms with Crippen LogP contribution in [-0.2, 0) is 0 Å². The molecular formula is C7H7BrN4O. The number of anilines is 1. The lowest BCUT2D eigenvalue weighted by atomic mass is 10.3. The van der Waals surface area contributed by atoms with Gasteiger partial charge in [0.1, 0.15) is 0 Å². The van der Waals surface area contributed by atoms with Crippen molar-refractivity contribution < 1.29 is 0 Å². The minimum Gasteiger partial charge on any atom is -0.364 e. The molecule has 0 atom stereocenters. The van der Waals surface area contributed by atoms with Crippen LogP contribution in [0.4, 0.5) is 5.69 Å². The van der Waals surface area contributed by atoms with E-state index in [2.05, 4.69) is 31.6 Å². The Bertz CT molecular complexity index is 322. The molecule has 0 radical (unpaired) electrons. The first-order chi connectivity index (χ1) is 6.22. The summed E-state index contributed by atoms with van der Waals surface area (Å²) in [6.07, 6.45) is 0. The van der Waals surface area contributed by atoms with Crippen LogP contribution in [0.15, 0.2) is 39.0 Å². The molecule has 0 heterocycles. The lowest BCUT2D eigenvalue weighted by molar-refractivity contribution is 1.28. The van der Waals surface area contributed by atoms with Gasteiger partial charge >= 0.3 is 0 Å². The highest BCUT2D eigenvalue weighted by molar-refractivity contribution is 9.10. The van der Waals surface area contributed by atoms with Gasteiger partial charge in [-0.2, -0.15) is 0 Å². The Hall–Kier alpha value is -1.43. The first-order valence-electron chi connectivity index (χ1n) is 3.40. The van der Waals surface area contributed by atoms with Crippen molar-refractivity contribution in [3.05, 3.63) is 33.6 Å². The number of hydrogen-bond donors (Lipinski definition) is 2. The predicted octanol–water partition coefficient (Wildman–Crippen LogP) is 1.86. The van der Waals surface area contributed by atoms with Gasteiger partial charge in [0.15, 0.2) is 0 Å². The summed E-state index contributed by atoms with van der Waals surface area (Å²) in [5.41, 5.74) is 8.35. The summed E-state index contributed by atoms with van der Waals surface area (Å²) in [6, 6.07) is 7.24. The van der Waals surface area contributed by atoms with Gasteiger partial charge in [0.2, 0.25) is 0 Å². The Morgan fingerprint density at radius 1 is 1.38 bits per heavy atom. The number of hydrogen-bond acceptors (Lipinski definition) is 3. The van der Waals surface area contributed by atoms with E-state index < -0.39 is 0 Å². The van der Waals surface area contributed by atoms with E-state index in [1.54, 1.807) is 12.1 Å². The number of nitroso groups, excluding NO2 is 1. The first-order valence-corrected chi connectivity index (χ1v) is 4.20. The summed E-state index contributed by atoms with van der Waals surface area (Å²) >= 11 is 3.28. The summed E-state index contributed by atoms with van der Waals surface area (Å²) < 4.78 is 0.962. The highest BCUT2D eigenvalue weighted by atomic mass is 79.9. The Morgan fingerprint density at radius 3 is 2.54 bits per heavy atom. The molecule has 0 unspecified atom stereocenters. The zero-order valence-corrected chi connectivity index (χ0v) is 8.15. The number of guanidine groups is 1. The second-order valence-corrected chi connectivity index (χ2v) is 3.10. The minimum absolute atomic E-state index is 0.331. The van der Waals surface area contributed by atoms with Crippen LogP contribution in [0.2, 0.25) is 0 Å². The van der Waals surface area contributed by atoms with E-state index in [4.69, 9.17) is 5.73 Å². The van der Waals surface area contributed by atoms with Gasteiger partial charge in [-0.25, -0.2) is 0 Å². The Labute approximate surface area is 83.1 Å². The monoisotopic (exact) mass is 242 g/mol. The molecule has 0 bridgehead atoms. The third-order valence-electron chi connectivity index (χ3n) is 1.24. The zero-order chi connectivity index (χ0) is 9.68. The molecule has 0 fully saturated rings. The molecular weight excluding hydrogens is 236 g/mol. The standard InChI is InChI=1S/C7H7BrN4O/c8-5-1-3-6(4-2-5)10-11-7(9)12-13/h1-4,10H,(H2,9,11). The molecule has 1 aromatic rings. The number of benzene rings is 1. The Kier molecular flexibility index (Phi) is 3.39. The van der Waals surface area contributed by atoms with E-state index >= 15 is 0 Å². The maximum Gasteiger partial charge on any atom is 0.279 e. The topological polar surface area (TPSA) is 79.8 Å². The molecule has 3 N–H and O–H groups in total. The van der Waals surface area contributed by atoms with Gasteiger partial charge in [0, 0.05) is 9.65 Å². The fourth-order valence-corrected chi connectivity index (χ4v) is 0.931. The molecule has 0 amide bonds. The van der Waals surface area contributed by atoms with Crippen molar-refractivity contribution in [1.29, 1.82) is 0 Å². The number of rotatable bonds is 2. The quantitative estimate of drug-likeness (QED) is 0.360. The van der Waals surface area contributed by atoms with Gasteiger partial charge in [-0.3, -0.25) is 5.43 Å². The van der Waals surface area contributed by atoms with Gasteiger partial charge in [0.05, 0.1) is 5.69 Å². The van der Waals surface area contributed by atoms with Crippen LogP contribution in [0.1, 0.15) is 0 Å². The molecule has 1 rings (SSSR count). The summed E-state index contributed by atoms with van der Waals surface area (Å²) in [4.78, 5) is 9.83. The second kappa shape index (κ2) is 4.56. The minimum atomic E-state index is -0.331. The smallest absolute Gasteiger partial charge is 0.279 e. The van der Waals surface area contributed by atoms with Gasteiger partial charge in [-0.1, -0.05) is 15.9 Å². The van der Waals surface area contributed by atoms with E-state index in [-0.39, 0.29) is 5.96 Å². The van der Waals surface area contributed by atoms with Crippen molar-refractivity contribution in [3.8, 4) is 0 Å². The SMILES string of the molecule is N/C(N=O)=N\Nc1ccc(Br)cc1. The summed E-state index contributed by atoms with van der Waals surface area (Å²) in [5.74, 6) is -0.331. The van der Waals surface area contributed by atoms with Crippen molar-refractivity contribution in [3.63, 3.8) is 0 Å². The molecule has 5 nitrogen and oxygen atoms in total. The first kappa shape index (κ1) is 9.66.